The molecule has 0 bridgehead atoms. The Morgan fingerprint density at radius 1 is 0.833 bits per heavy atom. The van der Waals surface area contributed by atoms with Gasteiger partial charge in [0.2, 0.25) is 5.91 Å². The lowest BCUT2D eigenvalue weighted by Gasteiger charge is -2.05. The first kappa shape index (κ1) is 11.9. The molecule has 0 spiro atoms. The largest absolute Gasteiger partial charge is 0.366 e. The second-order valence-electron chi connectivity index (χ2n) is 3.76. The zero-order valence-electron chi connectivity index (χ0n) is 9.59. The van der Waals surface area contributed by atoms with Crippen molar-refractivity contribution in [2.75, 3.05) is 5.32 Å². The number of benzene rings is 2. The first-order valence-corrected chi connectivity index (χ1v) is 5.43. The molecule has 0 aliphatic rings. The van der Waals surface area contributed by atoms with Crippen molar-refractivity contribution in [3.05, 3.63) is 65.7 Å². The van der Waals surface area contributed by atoms with Crippen LogP contribution in [-0.2, 0) is 0 Å². The highest BCUT2D eigenvalue weighted by Gasteiger charge is 2.06. The van der Waals surface area contributed by atoms with E-state index in [1.165, 1.54) is 12.1 Å². The second kappa shape index (κ2) is 5.14. The first-order chi connectivity index (χ1) is 8.66. The lowest BCUT2D eigenvalue weighted by Crippen LogP contribution is -2.14. The van der Waals surface area contributed by atoms with Crippen LogP contribution >= 0.6 is 0 Å². The molecule has 2 rings (SSSR count). The molecule has 4 heteroatoms. The lowest BCUT2D eigenvalue weighted by atomic mass is 10.1. The number of primary amides is 1. The van der Waals surface area contributed by atoms with Crippen LogP contribution in [0.5, 0.6) is 0 Å². The summed E-state index contributed by atoms with van der Waals surface area (Å²) in [4.78, 5) is 22.8. The lowest BCUT2D eigenvalue weighted by molar-refractivity contribution is 0.0995. The van der Waals surface area contributed by atoms with Crippen molar-refractivity contribution in [2.45, 2.75) is 0 Å². The molecular formula is C14H12N2O2. The summed E-state index contributed by atoms with van der Waals surface area (Å²) in [6.07, 6.45) is 0. The Kier molecular flexibility index (Phi) is 3.38. The summed E-state index contributed by atoms with van der Waals surface area (Å²) < 4.78 is 0. The molecule has 2 amide bonds. The SMILES string of the molecule is NC(=O)c1ccc(C(=O)Nc2ccccc2)cc1. The van der Waals surface area contributed by atoms with E-state index in [1.807, 2.05) is 18.2 Å². The van der Waals surface area contributed by atoms with Crippen LogP contribution in [0.4, 0.5) is 5.69 Å². The molecule has 18 heavy (non-hydrogen) atoms. The molecule has 0 aromatic heterocycles. The maximum Gasteiger partial charge on any atom is 0.255 e. The molecule has 0 saturated heterocycles. The van der Waals surface area contributed by atoms with Gasteiger partial charge in [-0.25, -0.2) is 0 Å². The molecule has 0 radical (unpaired) electrons. The van der Waals surface area contributed by atoms with Crippen LogP contribution in [0.25, 0.3) is 0 Å². The average Bonchev–Trinajstić information content (AvgIpc) is 2.40. The number of amides is 2. The fourth-order valence-corrected chi connectivity index (χ4v) is 1.51. The number of para-hydroxylation sites is 1. The molecule has 0 atom stereocenters. The van der Waals surface area contributed by atoms with Gasteiger partial charge in [-0.05, 0) is 36.4 Å². The van der Waals surface area contributed by atoms with Gasteiger partial charge in [-0.3, -0.25) is 9.59 Å². The minimum atomic E-state index is -0.509. The van der Waals surface area contributed by atoms with Crippen molar-refractivity contribution in [3.63, 3.8) is 0 Å². The van der Waals surface area contributed by atoms with E-state index in [1.54, 1.807) is 24.3 Å². The zero-order valence-corrected chi connectivity index (χ0v) is 9.59. The number of hydrogen-bond donors (Lipinski definition) is 2. The highest BCUT2D eigenvalue weighted by Crippen LogP contribution is 2.09. The smallest absolute Gasteiger partial charge is 0.255 e. The summed E-state index contributed by atoms with van der Waals surface area (Å²) in [6.45, 7) is 0. The van der Waals surface area contributed by atoms with Crippen LogP contribution in [0.1, 0.15) is 20.7 Å². The van der Waals surface area contributed by atoms with Gasteiger partial charge in [-0.2, -0.15) is 0 Å². The first-order valence-electron chi connectivity index (χ1n) is 5.43. The highest BCUT2D eigenvalue weighted by atomic mass is 16.2. The summed E-state index contributed by atoms with van der Waals surface area (Å²) in [5.74, 6) is -0.734. The maximum atomic E-state index is 11.9. The Balaban J connectivity index is 2.12. The normalized spacial score (nSPS) is 9.78. The van der Waals surface area contributed by atoms with Gasteiger partial charge in [0.05, 0.1) is 0 Å². The van der Waals surface area contributed by atoms with E-state index in [0.717, 1.165) is 5.69 Å². The van der Waals surface area contributed by atoms with Gasteiger partial charge in [0.25, 0.3) is 5.91 Å². The molecule has 0 aliphatic heterocycles. The maximum absolute atomic E-state index is 11.9. The van der Waals surface area contributed by atoms with Crippen LogP contribution in [0.15, 0.2) is 54.6 Å². The second-order valence-corrected chi connectivity index (χ2v) is 3.76. The fraction of sp³-hybridized carbons (Fsp3) is 0. The Morgan fingerprint density at radius 2 is 1.39 bits per heavy atom. The van der Waals surface area contributed by atoms with E-state index in [9.17, 15) is 9.59 Å². The fourth-order valence-electron chi connectivity index (χ4n) is 1.51. The Labute approximate surface area is 104 Å². The van der Waals surface area contributed by atoms with Crippen molar-refractivity contribution in [3.8, 4) is 0 Å². The highest BCUT2D eigenvalue weighted by molar-refractivity contribution is 6.04. The van der Waals surface area contributed by atoms with E-state index in [0.29, 0.717) is 11.1 Å². The number of carbonyl (C=O) groups excluding carboxylic acids is 2. The summed E-state index contributed by atoms with van der Waals surface area (Å²) in [5, 5.41) is 2.75. The van der Waals surface area contributed by atoms with E-state index in [-0.39, 0.29) is 5.91 Å². The summed E-state index contributed by atoms with van der Waals surface area (Å²) in [7, 11) is 0. The molecule has 3 N–H and O–H groups in total. The molecule has 0 unspecified atom stereocenters. The number of rotatable bonds is 3. The van der Waals surface area contributed by atoms with Crippen LogP contribution in [0, 0.1) is 0 Å². The predicted molar refractivity (Wildman–Crippen MR) is 69.4 cm³/mol. The summed E-state index contributed by atoms with van der Waals surface area (Å²) in [5.41, 5.74) is 6.70. The minimum Gasteiger partial charge on any atom is -0.366 e. The number of nitrogens with one attached hydrogen (secondary N) is 1. The number of carbonyl (C=O) groups is 2. The minimum absolute atomic E-state index is 0.225. The molecule has 2 aromatic carbocycles. The van der Waals surface area contributed by atoms with E-state index >= 15 is 0 Å². The van der Waals surface area contributed by atoms with Gasteiger partial charge in [0, 0.05) is 16.8 Å². The Hall–Kier alpha value is -2.62. The molecule has 90 valence electrons. The molecule has 4 nitrogen and oxygen atoms in total. The molecular weight excluding hydrogens is 228 g/mol. The third-order valence-electron chi connectivity index (χ3n) is 2.46. The third-order valence-corrected chi connectivity index (χ3v) is 2.46. The summed E-state index contributed by atoms with van der Waals surface area (Å²) >= 11 is 0. The van der Waals surface area contributed by atoms with Crippen molar-refractivity contribution in [2.24, 2.45) is 5.73 Å². The van der Waals surface area contributed by atoms with Gasteiger partial charge >= 0.3 is 0 Å². The van der Waals surface area contributed by atoms with Crippen molar-refractivity contribution >= 4 is 17.5 Å². The van der Waals surface area contributed by atoms with Crippen LogP contribution in [0.2, 0.25) is 0 Å². The van der Waals surface area contributed by atoms with E-state index < -0.39 is 5.91 Å². The molecule has 2 aromatic rings. The summed E-state index contributed by atoms with van der Waals surface area (Å²) in [6, 6.07) is 15.3. The molecule has 0 heterocycles. The predicted octanol–water partition coefficient (Wildman–Crippen LogP) is 2.04. The third kappa shape index (κ3) is 2.74. The van der Waals surface area contributed by atoms with Gasteiger partial charge in [0.1, 0.15) is 0 Å². The van der Waals surface area contributed by atoms with E-state index in [2.05, 4.69) is 5.32 Å². The Bertz CT molecular complexity index is 562. The zero-order chi connectivity index (χ0) is 13.0. The van der Waals surface area contributed by atoms with Gasteiger partial charge in [0.15, 0.2) is 0 Å². The van der Waals surface area contributed by atoms with Crippen molar-refractivity contribution in [1.82, 2.24) is 0 Å². The van der Waals surface area contributed by atoms with Gasteiger partial charge in [-0.15, -0.1) is 0 Å². The number of hydrogen-bond acceptors (Lipinski definition) is 2. The molecule has 0 aliphatic carbocycles. The van der Waals surface area contributed by atoms with Gasteiger partial charge in [-0.1, -0.05) is 18.2 Å². The Morgan fingerprint density at radius 3 is 1.94 bits per heavy atom. The van der Waals surface area contributed by atoms with Crippen LogP contribution in [0.3, 0.4) is 0 Å². The quantitative estimate of drug-likeness (QED) is 0.861. The molecule has 0 saturated carbocycles. The standard InChI is InChI=1S/C14H12N2O2/c15-13(17)10-6-8-11(9-7-10)14(18)16-12-4-2-1-3-5-12/h1-9H,(H2,15,17)(H,16,18). The van der Waals surface area contributed by atoms with Crippen LogP contribution < -0.4 is 11.1 Å². The van der Waals surface area contributed by atoms with E-state index in [4.69, 9.17) is 5.73 Å². The molecule has 0 fully saturated rings. The van der Waals surface area contributed by atoms with Crippen LogP contribution in [-0.4, -0.2) is 11.8 Å². The number of anilines is 1. The average molecular weight is 240 g/mol. The topological polar surface area (TPSA) is 72.2 Å². The monoisotopic (exact) mass is 240 g/mol. The van der Waals surface area contributed by atoms with Gasteiger partial charge < -0.3 is 11.1 Å². The number of nitrogens with two attached hydrogens (primary N) is 1. The van der Waals surface area contributed by atoms with Crippen molar-refractivity contribution < 1.29 is 9.59 Å². The van der Waals surface area contributed by atoms with Crippen molar-refractivity contribution in [1.29, 1.82) is 0 Å².